The number of carbonyl (C=O) groups is 2. The van der Waals surface area contributed by atoms with Gasteiger partial charge in [-0.15, -0.1) is 0 Å². The molecule has 0 radical (unpaired) electrons. The van der Waals surface area contributed by atoms with Crippen LogP contribution in [0.4, 0.5) is 0 Å². The molecule has 1 aromatic carbocycles. The summed E-state index contributed by atoms with van der Waals surface area (Å²) in [6.07, 6.45) is 8.59. The molecule has 0 bridgehead atoms. The van der Waals surface area contributed by atoms with Crippen molar-refractivity contribution in [3.05, 3.63) is 58.8 Å². The zero-order chi connectivity index (χ0) is 39.3. The van der Waals surface area contributed by atoms with Gasteiger partial charge >= 0.3 is 0 Å². The smallest absolute Gasteiger partial charge is 0.229 e. The number of para-hydroxylation sites is 1. The lowest BCUT2D eigenvalue weighted by molar-refractivity contribution is -0.120. The molecule has 1 heterocycles. The zero-order valence-corrected chi connectivity index (χ0v) is 34.9. The molecule has 10 nitrogen and oxygen atoms in total. The lowest BCUT2D eigenvalue weighted by Gasteiger charge is -2.21. The summed E-state index contributed by atoms with van der Waals surface area (Å²) in [7, 11) is 0.116. The summed E-state index contributed by atoms with van der Waals surface area (Å²) in [5.41, 5.74) is 10.3. The molecule has 288 valence electrons. The Morgan fingerprint density at radius 1 is 1.04 bits per heavy atom. The molecule has 2 aromatic rings. The van der Waals surface area contributed by atoms with Gasteiger partial charge in [0, 0.05) is 31.4 Å². The molecule has 0 atom stereocenters. The van der Waals surface area contributed by atoms with Crippen molar-refractivity contribution in [3.63, 3.8) is 0 Å². The second kappa shape index (κ2) is 24.0. The van der Waals surface area contributed by atoms with E-state index in [2.05, 4.69) is 67.8 Å². The summed E-state index contributed by atoms with van der Waals surface area (Å²) in [5, 5.41) is 3.90. The molecule has 0 unspecified atom stereocenters. The molecule has 0 aliphatic rings. The van der Waals surface area contributed by atoms with Crippen molar-refractivity contribution >= 4 is 33.1 Å². The first-order chi connectivity index (χ1) is 23.2. The van der Waals surface area contributed by atoms with Crippen molar-refractivity contribution in [2.45, 2.75) is 127 Å². The number of aryl methyl sites for hydroxylation is 1. The molecule has 0 fully saturated rings. The molecule has 11 heteroatoms. The van der Waals surface area contributed by atoms with Crippen molar-refractivity contribution < 1.29 is 22.7 Å². The first-order valence-electron chi connectivity index (χ1n) is 17.9. The van der Waals surface area contributed by atoms with Crippen LogP contribution in [0.2, 0.25) is 0 Å². The summed E-state index contributed by atoms with van der Waals surface area (Å²) in [6.45, 7) is 27.3. The van der Waals surface area contributed by atoms with Crippen molar-refractivity contribution in [2.24, 2.45) is 18.2 Å². The maximum Gasteiger partial charge on any atom is 0.229 e. The Morgan fingerprint density at radius 3 is 1.98 bits per heavy atom. The van der Waals surface area contributed by atoms with Crippen LogP contribution >= 0.6 is 0 Å². The van der Waals surface area contributed by atoms with Crippen LogP contribution in [0.25, 0.3) is 10.9 Å². The average molecular weight is 722 g/mol. The van der Waals surface area contributed by atoms with E-state index in [0.717, 1.165) is 56.1 Å². The number of nitrogens with zero attached hydrogens (tertiary/aromatic N) is 2. The third kappa shape index (κ3) is 19.8. The quantitative estimate of drug-likeness (QED) is 0.0963. The van der Waals surface area contributed by atoms with Gasteiger partial charge in [-0.25, -0.2) is 8.42 Å². The van der Waals surface area contributed by atoms with Crippen LogP contribution in [-0.2, 0) is 33.1 Å². The van der Waals surface area contributed by atoms with Gasteiger partial charge in [0.2, 0.25) is 15.9 Å². The first-order valence-corrected chi connectivity index (χ1v) is 19.8. The molecule has 4 N–H and O–H groups in total. The Labute approximate surface area is 305 Å². The molecule has 1 aromatic heterocycles. The number of aromatic nitrogens is 1. The number of hydrogen-bond donors (Lipinski definition) is 3. The van der Waals surface area contributed by atoms with Crippen LogP contribution in [0, 0.1) is 5.41 Å². The number of amides is 1. The molecular weight excluding hydrogens is 651 g/mol. The average Bonchev–Trinajstić information content (AvgIpc) is 3.36. The lowest BCUT2D eigenvalue weighted by Crippen LogP contribution is -2.38. The van der Waals surface area contributed by atoms with Gasteiger partial charge in [0.05, 0.1) is 36.0 Å². The monoisotopic (exact) mass is 722 g/mol. The van der Waals surface area contributed by atoms with E-state index < -0.39 is 10.0 Å². The van der Waals surface area contributed by atoms with E-state index >= 15 is 0 Å². The van der Waals surface area contributed by atoms with Crippen molar-refractivity contribution in [1.82, 2.24) is 19.5 Å². The fourth-order valence-corrected chi connectivity index (χ4v) is 5.66. The van der Waals surface area contributed by atoms with Gasteiger partial charge in [-0.1, -0.05) is 86.1 Å². The summed E-state index contributed by atoms with van der Waals surface area (Å²) in [5.74, 6) is 0.419. The highest BCUT2D eigenvalue weighted by Crippen LogP contribution is 2.26. The zero-order valence-electron chi connectivity index (χ0n) is 34.0. The predicted molar refractivity (Wildman–Crippen MR) is 212 cm³/mol. The van der Waals surface area contributed by atoms with Gasteiger partial charge in [-0.05, 0) is 76.6 Å². The number of ether oxygens (including phenoxy) is 1. The maximum atomic E-state index is 11.3. The van der Waals surface area contributed by atoms with E-state index in [1.165, 1.54) is 38.0 Å². The molecule has 2 rings (SSSR count). The number of hydrogen-bond acceptors (Lipinski definition) is 7. The fourth-order valence-electron chi connectivity index (χ4n) is 4.98. The molecule has 1 amide bonds. The normalized spacial score (nSPS) is 12.4. The molecule has 0 aliphatic heterocycles. The Balaban J connectivity index is 0. The lowest BCUT2D eigenvalue weighted by atomic mass is 9.86. The topological polar surface area (TPSA) is 136 Å². The molecular formula is C39H71N5O5S. The fraction of sp³-hybridized carbons (Fsp3) is 0.641. The molecule has 0 aliphatic carbocycles. The van der Waals surface area contributed by atoms with Crippen molar-refractivity contribution in [1.29, 1.82) is 0 Å². The second-order valence-electron chi connectivity index (χ2n) is 13.9. The summed E-state index contributed by atoms with van der Waals surface area (Å²) in [6, 6.07) is 8.31. The van der Waals surface area contributed by atoms with Crippen LogP contribution < -0.4 is 15.8 Å². The number of benzene rings is 1. The number of nitrogens with two attached hydrogens (primary N) is 1. The Morgan fingerprint density at radius 2 is 1.60 bits per heavy atom. The minimum Gasteiger partial charge on any atom is -0.493 e. The molecule has 0 saturated heterocycles. The third-order valence-corrected chi connectivity index (χ3v) is 8.17. The summed E-state index contributed by atoms with van der Waals surface area (Å²) < 4.78 is 32.4. The van der Waals surface area contributed by atoms with Gasteiger partial charge < -0.3 is 20.4 Å². The minimum absolute atomic E-state index is 0.0255. The number of sulfonamides is 1. The Bertz CT molecular complexity index is 1460. The molecule has 50 heavy (non-hydrogen) atoms. The highest BCUT2D eigenvalue weighted by atomic mass is 32.2. The number of rotatable bonds is 15. The van der Waals surface area contributed by atoms with Crippen LogP contribution in [0.5, 0.6) is 0 Å². The van der Waals surface area contributed by atoms with Gasteiger partial charge in [-0.3, -0.25) is 19.2 Å². The highest BCUT2D eigenvalue weighted by molar-refractivity contribution is 7.88. The number of nitrogens with one attached hydrogen (secondary N) is 2. The van der Waals surface area contributed by atoms with Crippen LogP contribution in [0.15, 0.2) is 47.5 Å². The number of methoxy groups -OCH3 is 1. The van der Waals surface area contributed by atoms with Crippen LogP contribution in [-0.4, -0.2) is 62.1 Å². The van der Waals surface area contributed by atoms with E-state index in [1.807, 2.05) is 65.3 Å². The highest BCUT2D eigenvalue weighted by Gasteiger charge is 2.17. The largest absolute Gasteiger partial charge is 0.493 e. The molecule has 0 spiro atoms. The van der Waals surface area contributed by atoms with E-state index in [4.69, 9.17) is 10.5 Å². The van der Waals surface area contributed by atoms with E-state index in [9.17, 15) is 18.0 Å². The van der Waals surface area contributed by atoms with Crippen molar-refractivity contribution in [3.8, 4) is 0 Å². The van der Waals surface area contributed by atoms with Crippen LogP contribution in [0.1, 0.15) is 131 Å². The van der Waals surface area contributed by atoms with E-state index in [-0.39, 0.29) is 16.9 Å². The van der Waals surface area contributed by atoms with Gasteiger partial charge in [0.1, 0.15) is 0 Å². The first kappa shape index (κ1) is 48.8. The minimum atomic E-state index is -3.34. The standard InChI is InChI=1S/C17H24N2O.C14H28N2O3S.C6H13NO.C2H6/c1-4-9-19(10-5-2)12-15-8-6-7-14-11-16(13-20)18(3)17(14)15;1-7-12(16-20(6,17)18)13(19-5)11(15)9-10-14(3,4)8-2;1-5(8)7-6(2,3)4;1-2/h6-8,11,13H,4-5,9-10,12H2,1-3H3;9,16H,7-8,10,15H2,1-6H3;1-4H3,(H,7,8);1-2H3/b;11-9+,13-12-;;. The van der Waals surface area contributed by atoms with Crippen molar-refractivity contribution in [2.75, 3.05) is 26.5 Å². The third-order valence-electron chi connectivity index (χ3n) is 7.56. The van der Waals surface area contributed by atoms with E-state index in [1.54, 1.807) is 0 Å². The summed E-state index contributed by atoms with van der Waals surface area (Å²) in [4.78, 5) is 23.9. The van der Waals surface area contributed by atoms with Gasteiger partial charge in [-0.2, -0.15) is 0 Å². The van der Waals surface area contributed by atoms with Crippen LogP contribution in [0.3, 0.4) is 0 Å². The number of carbonyl (C=O) groups excluding carboxylic acids is 2. The Kier molecular flexibility index (Phi) is 23.4. The number of fused-ring (bicyclic) bond motifs is 1. The Hall–Kier alpha value is -3.31. The number of allylic oxidation sites excluding steroid dienone is 2. The second-order valence-corrected chi connectivity index (χ2v) is 15.7. The molecule has 0 saturated carbocycles. The maximum absolute atomic E-state index is 11.3. The predicted octanol–water partition coefficient (Wildman–Crippen LogP) is 8.03. The SMILES string of the molecule is CC.CC(=O)NC(C)(C)C.CC/C(NS(C)(=O)=O)=C(OC)\C(N)=C/CC(C)(C)CC.CCCN(CCC)Cc1cccc2cc(C=O)n(C)c12. The van der Waals surface area contributed by atoms with Gasteiger partial charge in [0.15, 0.2) is 12.0 Å². The van der Waals surface area contributed by atoms with E-state index in [0.29, 0.717) is 23.6 Å². The summed E-state index contributed by atoms with van der Waals surface area (Å²) >= 11 is 0. The van der Waals surface area contributed by atoms with Gasteiger partial charge in [0.25, 0.3) is 0 Å². The number of aldehydes is 1.